The van der Waals surface area contributed by atoms with Crippen LogP contribution in [0.2, 0.25) is 0 Å². The van der Waals surface area contributed by atoms with Crippen molar-refractivity contribution in [3.8, 4) is 0 Å². The number of hydrogen-bond acceptors (Lipinski definition) is 1. The second-order valence-electron chi connectivity index (χ2n) is 3.07. The lowest BCUT2D eigenvalue weighted by molar-refractivity contribution is -0.207. The van der Waals surface area contributed by atoms with E-state index in [0.29, 0.717) is 12.1 Å². The molecular weight excluding hydrogens is 219 g/mol. The topological polar surface area (TPSA) is 20.2 Å². The van der Waals surface area contributed by atoms with Crippen molar-refractivity contribution in [1.29, 1.82) is 0 Å². The molecule has 0 aliphatic heterocycles. The molecule has 1 nitrogen and oxygen atoms in total. The standard InChI is InChI=1S/C9H7F5O/c1-4-2-5(7(11)3-6(4)10)8(15)9(12,13)14/h2-3,8,15H,1H3. The van der Waals surface area contributed by atoms with Crippen molar-refractivity contribution in [3.05, 3.63) is 34.9 Å². The number of aliphatic hydroxyl groups is 1. The van der Waals surface area contributed by atoms with E-state index in [-0.39, 0.29) is 5.56 Å². The Morgan fingerprint density at radius 3 is 2.13 bits per heavy atom. The van der Waals surface area contributed by atoms with Crippen molar-refractivity contribution in [2.24, 2.45) is 0 Å². The average molecular weight is 226 g/mol. The zero-order valence-electron chi connectivity index (χ0n) is 7.57. The SMILES string of the molecule is Cc1cc(C(O)C(F)(F)F)c(F)cc1F. The van der Waals surface area contributed by atoms with E-state index in [1.54, 1.807) is 0 Å². The van der Waals surface area contributed by atoms with E-state index >= 15 is 0 Å². The van der Waals surface area contributed by atoms with Crippen LogP contribution in [-0.4, -0.2) is 11.3 Å². The van der Waals surface area contributed by atoms with Gasteiger partial charge in [0.1, 0.15) is 11.6 Å². The number of aliphatic hydroxyl groups excluding tert-OH is 1. The van der Waals surface area contributed by atoms with Gasteiger partial charge >= 0.3 is 6.18 Å². The largest absolute Gasteiger partial charge is 0.418 e. The van der Waals surface area contributed by atoms with Gasteiger partial charge < -0.3 is 5.11 Å². The second kappa shape index (κ2) is 3.77. The Kier molecular flexibility index (Phi) is 2.99. The Bertz CT molecular complexity index is 372. The highest BCUT2D eigenvalue weighted by Crippen LogP contribution is 2.34. The number of halogens is 5. The molecule has 0 radical (unpaired) electrons. The molecule has 15 heavy (non-hydrogen) atoms. The van der Waals surface area contributed by atoms with Crippen LogP contribution in [0.25, 0.3) is 0 Å². The van der Waals surface area contributed by atoms with Crippen molar-refractivity contribution in [2.45, 2.75) is 19.2 Å². The monoisotopic (exact) mass is 226 g/mol. The van der Waals surface area contributed by atoms with Crippen molar-refractivity contribution in [1.82, 2.24) is 0 Å². The number of rotatable bonds is 1. The first kappa shape index (κ1) is 11.9. The molecule has 0 aliphatic rings. The summed E-state index contributed by atoms with van der Waals surface area (Å²) in [5.41, 5.74) is -1.13. The number of hydrogen-bond donors (Lipinski definition) is 1. The van der Waals surface area contributed by atoms with Crippen LogP contribution in [0.3, 0.4) is 0 Å². The summed E-state index contributed by atoms with van der Waals surface area (Å²) in [5, 5.41) is 8.77. The van der Waals surface area contributed by atoms with Gasteiger partial charge in [-0.1, -0.05) is 0 Å². The number of alkyl halides is 3. The fraction of sp³-hybridized carbons (Fsp3) is 0.333. The van der Waals surface area contributed by atoms with Gasteiger partial charge in [-0.15, -0.1) is 0 Å². The molecule has 0 fully saturated rings. The summed E-state index contributed by atoms with van der Waals surface area (Å²) in [5.74, 6) is -2.37. The van der Waals surface area contributed by atoms with Crippen LogP contribution in [0.1, 0.15) is 17.2 Å². The fourth-order valence-electron chi connectivity index (χ4n) is 1.07. The van der Waals surface area contributed by atoms with Gasteiger partial charge in [0.25, 0.3) is 0 Å². The minimum absolute atomic E-state index is 0.158. The maximum atomic E-state index is 12.9. The second-order valence-corrected chi connectivity index (χ2v) is 3.07. The third-order valence-electron chi connectivity index (χ3n) is 1.88. The zero-order chi connectivity index (χ0) is 11.8. The molecule has 1 atom stereocenters. The maximum Gasteiger partial charge on any atom is 0.418 e. The fourth-order valence-corrected chi connectivity index (χ4v) is 1.07. The molecule has 0 bridgehead atoms. The molecule has 1 aromatic carbocycles. The molecule has 1 unspecified atom stereocenters. The Balaban J connectivity index is 3.21. The van der Waals surface area contributed by atoms with E-state index in [4.69, 9.17) is 5.11 Å². The van der Waals surface area contributed by atoms with Crippen molar-refractivity contribution >= 4 is 0 Å². The third kappa shape index (κ3) is 2.44. The molecule has 0 aliphatic carbocycles. The Morgan fingerprint density at radius 2 is 1.67 bits per heavy atom. The smallest absolute Gasteiger partial charge is 0.379 e. The predicted octanol–water partition coefficient (Wildman–Crippen LogP) is 2.87. The molecule has 6 heteroatoms. The van der Waals surface area contributed by atoms with Gasteiger partial charge in [0, 0.05) is 11.6 Å². The number of benzene rings is 1. The van der Waals surface area contributed by atoms with Gasteiger partial charge in [0.05, 0.1) is 0 Å². The lowest BCUT2D eigenvalue weighted by atomic mass is 10.1. The van der Waals surface area contributed by atoms with Crippen molar-refractivity contribution in [3.63, 3.8) is 0 Å². The molecule has 1 rings (SSSR count). The summed E-state index contributed by atoms with van der Waals surface area (Å²) >= 11 is 0. The van der Waals surface area contributed by atoms with Gasteiger partial charge in [0.2, 0.25) is 0 Å². The highest BCUT2D eigenvalue weighted by Gasteiger charge is 2.41. The lowest BCUT2D eigenvalue weighted by Crippen LogP contribution is -2.21. The quantitative estimate of drug-likeness (QED) is 0.730. The van der Waals surface area contributed by atoms with Crippen LogP contribution in [0.4, 0.5) is 22.0 Å². The molecule has 0 saturated heterocycles. The molecule has 0 saturated carbocycles. The maximum absolute atomic E-state index is 12.9. The summed E-state index contributed by atoms with van der Waals surface area (Å²) in [6, 6.07) is 0.961. The minimum atomic E-state index is -4.97. The van der Waals surface area contributed by atoms with Gasteiger partial charge in [-0.25, -0.2) is 8.78 Å². The summed E-state index contributed by atoms with van der Waals surface area (Å²) in [6.45, 7) is 1.18. The van der Waals surface area contributed by atoms with E-state index in [0.717, 1.165) is 0 Å². The molecular formula is C9H7F5O. The first-order valence-electron chi connectivity index (χ1n) is 3.94. The van der Waals surface area contributed by atoms with Crippen LogP contribution in [0.15, 0.2) is 12.1 Å². The normalized spacial score (nSPS) is 14.1. The molecule has 1 aromatic rings. The average Bonchev–Trinajstić information content (AvgIpc) is 2.08. The molecule has 1 N–H and O–H groups in total. The minimum Gasteiger partial charge on any atom is -0.379 e. The predicted molar refractivity (Wildman–Crippen MR) is 42.1 cm³/mol. The Labute approximate surface area is 82.1 Å². The van der Waals surface area contributed by atoms with Crippen molar-refractivity contribution in [2.75, 3.05) is 0 Å². The molecule has 0 amide bonds. The van der Waals surface area contributed by atoms with Crippen LogP contribution in [0.5, 0.6) is 0 Å². The first-order chi connectivity index (χ1) is 6.73. The molecule has 0 spiro atoms. The van der Waals surface area contributed by atoms with Crippen LogP contribution in [-0.2, 0) is 0 Å². The van der Waals surface area contributed by atoms with Gasteiger partial charge in [0.15, 0.2) is 6.10 Å². The highest BCUT2D eigenvalue weighted by molar-refractivity contribution is 5.28. The van der Waals surface area contributed by atoms with Crippen molar-refractivity contribution < 1.29 is 27.1 Å². The van der Waals surface area contributed by atoms with Gasteiger partial charge in [-0.05, 0) is 18.6 Å². The molecule has 0 heterocycles. The lowest BCUT2D eigenvalue weighted by Gasteiger charge is -2.16. The zero-order valence-corrected chi connectivity index (χ0v) is 7.57. The summed E-state index contributed by atoms with van der Waals surface area (Å²) in [4.78, 5) is 0. The van der Waals surface area contributed by atoms with Gasteiger partial charge in [-0.3, -0.25) is 0 Å². The summed E-state index contributed by atoms with van der Waals surface area (Å²) < 4.78 is 61.7. The van der Waals surface area contributed by atoms with Crippen LogP contribution < -0.4 is 0 Å². The van der Waals surface area contributed by atoms with Crippen LogP contribution >= 0.6 is 0 Å². The Morgan fingerprint density at radius 1 is 1.13 bits per heavy atom. The highest BCUT2D eigenvalue weighted by atomic mass is 19.4. The van der Waals surface area contributed by atoms with E-state index in [1.807, 2.05) is 0 Å². The number of aryl methyl sites for hydroxylation is 1. The Hall–Kier alpha value is -1.17. The van der Waals surface area contributed by atoms with E-state index < -0.39 is 29.5 Å². The van der Waals surface area contributed by atoms with E-state index in [9.17, 15) is 22.0 Å². The first-order valence-corrected chi connectivity index (χ1v) is 3.94. The third-order valence-corrected chi connectivity index (χ3v) is 1.88. The summed E-state index contributed by atoms with van der Waals surface area (Å²) in [7, 11) is 0. The molecule has 0 aromatic heterocycles. The van der Waals surface area contributed by atoms with E-state index in [1.165, 1.54) is 6.92 Å². The van der Waals surface area contributed by atoms with Gasteiger partial charge in [-0.2, -0.15) is 13.2 Å². The van der Waals surface area contributed by atoms with Crippen LogP contribution in [0, 0.1) is 18.6 Å². The summed E-state index contributed by atoms with van der Waals surface area (Å²) in [6.07, 6.45) is -7.90. The van der Waals surface area contributed by atoms with E-state index in [2.05, 4.69) is 0 Å². The molecule has 84 valence electrons.